The Labute approximate surface area is 112 Å². The quantitative estimate of drug-likeness (QED) is 0.662. The van der Waals surface area contributed by atoms with Crippen LogP contribution in [0.1, 0.15) is 35.7 Å². The van der Waals surface area contributed by atoms with Crippen molar-refractivity contribution in [3.63, 3.8) is 0 Å². The minimum atomic E-state index is -0.172. The first-order chi connectivity index (χ1) is 9.15. The van der Waals surface area contributed by atoms with Gasteiger partial charge >= 0.3 is 0 Å². The molecule has 0 bridgehead atoms. The van der Waals surface area contributed by atoms with Gasteiger partial charge < -0.3 is 14.9 Å². The lowest BCUT2D eigenvalue weighted by Crippen LogP contribution is -2.03. The Kier molecular flexibility index (Phi) is 3.90. The first-order valence-electron chi connectivity index (χ1n) is 6.31. The molecule has 0 atom stereocenters. The highest BCUT2D eigenvalue weighted by Crippen LogP contribution is 2.24. The number of ether oxygens (including phenoxy) is 1. The number of anilines is 1. The molecule has 2 N–H and O–H groups in total. The highest BCUT2D eigenvalue weighted by atomic mass is 16.5. The van der Waals surface area contributed by atoms with Crippen LogP contribution >= 0.6 is 0 Å². The largest absolute Gasteiger partial charge is 0.492 e. The van der Waals surface area contributed by atoms with E-state index < -0.39 is 0 Å². The zero-order valence-corrected chi connectivity index (χ0v) is 11.1. The van der Waals surface area contributed by atoms with E-state index in [0.717, 1.165) is 12.2 Å². The fourth-order valence-electron chi connectivity index (χ4n) is 1.81. The predicted molar refractivity (Wildman–Crippen MR) is 73.5 cm³/mol. The number of hydrogen-bond acceptors (Lipinski definition) is 4. The number of furan rings is 1. The van der Waals surface area contributed by atoms with Gasteiger partial charge in [-0.05, 0) is 37.3 Å². The molecule has 2 rings (SSSR count). The predicted octanol–water partition coefficient (Wildman–Crippen LogP) is 3.05. The molecule has 1 aromatic heterocycles. The van der Waals surface area contributed by atoms with Crippen molar-refractivity contribution in [2.45, 2.75) is 20.3 Å². The van der Waals surface area contributed by atoms with Crippen molar-refractivity contribution in [3.05, 3.63) is 47.4 Å². The number of ketones is 1. The van der Waals surface area contributed by atoms with Gasteiger partial charge in [0.25, 0.3) is 0 Å². The molecule has 0 unspecified atom stereocenters. The smallest absolute Gasteiger partial charge is 0.228 e. The minimum Gasteiger partial charge on any atom is -0.492 e. The monoisotopic (exact) mass is 259 g/mol. The lowest BCUT2D eigenvalue weighted by Gasteiger charge is -2.07. The molecule has 0 saturated heterocycles. The average molecular weight is 259 g/mol. The van der Waals surface area contributed by atoms with Gasteiger partial charge in [0.15, 0.2) is 5.76 Å². The van der Waals surface area contributed by atoms with Crippen LogP contribution in [0.15, 0.2) is 34.7 Å². The van der Waals surface area contributed by atoms with E-state index in [4.69, 9.17) is 14.9 Å². The minimum absolute atomic E-state index is 0.172. The Morgan fingerprint density at radius 3 is 2.63 bits per heavy atom. The standard InChI is InChI=1S/C15H17NO3/c1-3-11-6-8-14(19-11)15(17)10-5-7-13(18-4-2)12(16)9-10/h5-9H,3-4,16H2,1-2H3. The Hall–Kier alpha value is -2.23. The Balaban J connectivity index is 2.26. The summed E-state index contributed by atoms with van der Waals surface area (Å²) in [6, 6.07) is 8.51. The topological polar surface area (TPSA) is 65.5 Å². The zero-order chi connectivity index (χ0) is 13.8. The van der Waals surface area contributed by atoms with Crippen molar-refractivity contribution in [1.29, 1.82) is 0 Å². The number of hydrogen-bond donors (Lipinski definition) is 1. The SMILES string of the molecule is CCOc1ccc(C(=O)c2ccc(CC)o2)cc1N. The van der Waals surface area contributed by atoms with Crippen molar-refractivity contribution in [2.75, 3.05) is 12.3 Å². The van der Waals surface area contributed by atoms with Gasteiger partial charge in [-0.25, -0.2) is 0 Å². The highest BCUT2D eigenvalue weighted by Gasteiger charge is 2.14. The molecule has 4 heteroatoms. The van der Waals surface area contributed by atoms with Crippen molar-refractivity contribution >= 4 is 11.5 Å². The summed E-state index contributed by atoms with van der Waals surface area (Å²) in [5, 5.41) is 0. The molecule has 0 saturated carbocycles. The van der Waals surface area contributed by atoms with E-state index in [2.05, 4.69) is 0 Å². The summed E-state index contributed by atoms with van der Waals surface area (Å²) in [6.07, 6.45) is 0.763. The normalized spacial score (nSPS) is 10.4. The summed E-state index contributed by atoms with van der Waals surface area (Å²) in [4.78, 5) is 12.2. The second kappa shape index (κ2) is 5.61. The van der Waals surface area contributed by atoms with Gasteiger partial charge in [-0.15, -0.1) is 0 Å². The molecular weight excluding hydrogens is 242 g/mol. The van der Waals surface area contributed by atoms with E-state index >= 15 is 0 Å². The van der Waals surface area contributed by atoms with Crippen LogP contribution in [-0.4, -0.2) is 12.4 Å². The number of nitrogens with two attached hydrogens (primary N) is 1. The lowest BCUT2D eigenvalue weighted by atomic mass is 10.1. The second-order valence-electron chi connectivity index (χ2n) is 4.13. The Bertz CT molecular complexity index is 587. The maximum Gasteiger partial charge on any atom is 0.228 e. The van der Waals surface area contributed by atoms with Crippen molar-refractivity contribution in [3.8, 4) is 5.75 Å². The molecule has 100 valence electrons. The van der Waals surface area contributed by atoms with Crippen LogP contribution in [0.2, 0.25) is 0 Å². The van der Waals surface area contributed by atoms with Crippen molar-refractivity contribution in [1.82, 2.24) is 0 Å². The summed E-state index contributed by atoms with van der Waals surface area (Å²) in [5.41, 5.74) is 6.80. The summed E-state index contributed by atoms with van der Waals surface area (Å²) >= 11 is 0. The third kappa shape index (κ3) is 2.78. The van der Waals surface area contributed by atoms with E-state index in [1.54, 1.807) is 24.3 Å². The van der Waals surface area contributed by atoms with Crippen LogP contribution in [0.3, 0.4) is 0 Å². The first-order valence-corrected chi connectivity index (χ1v) is 6.31. The summed E-state index contributed by atoms with van der Waals surface area (Å²) < 4.78 is 10.8. The van der Waals surface area contributed by atoms with Gasteiger partial charge in [0, 0.05) is 12.0 Å². The molecule has 19 heavy (non-hydrogen) atoms. The van der Waals surface area contributed by atoms with Crippen LogP contribution in [0, 0.1) is 0 Å². The zero-order valence-electron chi connectivity index (χ0n) is 11.1. The van der Waals surface area contributed by atoms with Crippen molar-refractivity contribution < 1.29 is 13.9 Å². The van der Waals surface area contributed by atoms with Gasteiger partial charge in [-0.3, -0.25) is 4.79 Å². The molecule has 0 fully saturated rings. The number of nitrogen functional groups attached to an aromatic ring is 1. The van der Waals surface area contributed by atoms with Crippen LogP contribution < -0.4 is 10.5 Å². The number of carbonyl (C=O) groups is 1. The molecule has 1 heterocycles. The van der Waals surface area contributed by atoms with E-state index in [1.807, 2.05) is 19.9 Å². The molecule has 1 aromatic carbocycles. The number of benzene rings is 1. The maximum atomic E-state index is 12.2. The molecule has 0 aliphatic heterocycles. The van der Waals surface area contributed by atoms with Crippen molar-refractivity contribution in [2.24, 2.45) is 0 Å². The van der Waals surface area contributed by atoms with Gasteiger partial charge in [0.1, 0.15) is 11.5 Å². The summed E-state index contributed by atoms with van der Waals surface area (Å²) in [7, 11) is 0. The third-order valence-corrected chi connectivity index (χ3v) is 2.81. The molecule has 0 aliphatic carbocycles. The van der Waals surface area contributed by atoms with E-state index in [-0.39, 0.29) is 5.78 Å². The number of aryl methyl sites for hydroxylation is 1. The fraction of sp³-hybridized carbons (Fsp3) is 0.267. The molecule has 4 nitrogen and oxygen atoms in total. The van der Waals surface area contributed by atoms with E-state index in [1.165, 1.54) is 0 Å². The van der Waals surface area contributed by atoms with Crippen LogP contribution in [0.5, 0.6) is 5.75 Å². The van der Waals surface area contributed by atoms with Gasteiger partial charge in [0.05, 0.1) is 12.3 Å². The fourth-order valence-corrected chi connectivity index (χ4v) is 1.81. The van der Waals surface area contributed by atoms with Crippen LogP contribution in [0.4, 0.5) is 5.69 Å². The van der Waals surface area contributed by atoms with Crippen LogP contribution in [0.25, 0.3) is 0 Å². The molecule has 2 aromatic rings. The van der Waals surface area contributed by atoms with E-state index in [9.17, 15) is 4.79 Å². The summed E-state index contributed by atoms with van der Waals surface area (Å²) in [5.74, 6) is 1.55. The maximum absolute atomic E-state index is 12.2. The number of rotatable bonds is 5. The second-order valence-corrected chi connectivity index (χ2v) is 4.13. The third-order valence-electron chi connectivity index (χ3n) is 2.81. The molecular formula is C15H17NO3. The highest BCUT2D eigenvalue weighted by molar-refractivity contribution is 6.07. The van der Waals surface area contributed by atoms with Gasteiger partial charge in [-0.1, -0.05) is 6.92 Å². The lowest BCUT2D eigenvalue weighted by molar-refractivity contribution is 0.101. The average Bonchev–Trinajstić information content (AvgIpc) is 2.89. The molecule has 0 spiro atoms. The Morgan fingerprint density at radius 2 is 2.05 bits per heavy atom. The number of carbonyl (C=O) groups excluding carboxylic acids is 1. The molecule has 0 aliphatic rings. The molecule has 0 radical (unpaired) electrons. The summed E-state index contributed by atoms with van der Waals surface area (Å²) in [6.45, 7) is 4.39. The van der Waals surface area contributed by atoms with Gasteiger partial charge in [-0.2, -0.15) is 0 Å². The Morgan fingerprint density at radius 1 is 1.26 bits per heavy atom. The molecule has 0 amide bonds. The van der Waals surface area contributed by atoms with Gasteiger partial charge in [0.2, 0.25) is 5.78 Å². The first kappa shape index (κ1) is 13.2. The van der Waals surface area contributed by atoms with E-state index in [0.29, 0.717) is 29.4 Å². The van der Waals surface area contributed by atoms with Crippen LogP contribution in [-0.2, 0) is 6.42 Å².